The summed E-state index contributed by atoms with van der Waals surface area (Å²) in [5, 5.41) is 12.5. The predicted octanol–water partition coefficient (Wildman–Crippen LogP) is 2.59. The highest BCUT2D eigenvalue weighted by Gasteiger charge is 2.16. The highest BCUT2D eigenvalue weighted by atomic mass is 35.5. The Balaban J connectivity index is 2.76. The molecule has 0 saturated carbocycles. The zero-order valence-corrected chi connectivity index (χ0v) is 12.9. The fourth-order valence-electron chi connectivity index (χ4n) is 1.59. The van der Waals surface area contributed by atoms with Gasteiger partial charge in [-0.05, 0) is 26.8 Å². The summed E-state index contributed by atoms with van der Waals surface area (Å²) in [4.78, 5) is 11.6. The number of nitrogens with one attached hydrogen (secondary N) is 1. The van der Waals surface area contributed by atoms with Gasteiger partial charge >= 0.3 is 5.97 Å². The van der Waals surface area contributed by atoms with Gasteiger partial charge in [0.25, 0.3) is 0 Å². The Bertz CT molecular complexity index is 483. The Kier molecular flexibility index (Phi) is 5.65. The van der Waals surface area contributed by atoms with Crippen molar-refractivity contribution < 1.29 is 19.4 Å². The third kappa shape index (κ3) is 4.90. The summed E-state index contributed by atoms with van der Waals surface area (Å²) in [6.07, 6.45) is 0. The van der Waals surface area contributed by atoms with Gasteiger partial charge in [-0.1, -0.05) is 11.6 Å². The van der Waals surface area contributed by atoms with E-state index in [9.17, 15) is 9.90 Å². The molecule has 0 aliphatic rings. The van der Waals surface area contributed by atoms with Crippen LogP contribution in [0.5, 0.6) is 5.75 Å². The maximum Gasteiger partial charge on any atom is 0.325 e. The fraction of sp³-hybridized carbons (Fsp3) is 0.500. The van der Waals surface area contributed by atoms with Gasteiger partial charge in [0.05, 0.1) is 24.4 Å². The number of benzene rings is 1. The molecule has 0 aliphatic carbocycles. The maximum absolute atomic E-state index is 11.6. The minimum atomic E-state index is -0.527. The normalized spacial score (nSPS) is 11.1. The Morgan fingerprint density at radius 3 is 2.55 bits per heavy atom. The monoisotopic (exact) mass is 301 g/mol. The van der Waals surface area contributed by atoms with Crippen LogP contribution in [0.3, 0.4) is 0 Å². The first kappa shape index (κ1) is 16.6. The van der Waals surface area contributed by atoms with Crippen molar-refractivity contribution in [2.75, 3.05) is 19.0 Å². The van der Waals surface area contributed by atoms with Gasteiger partial charge in [-0.2, -0.15) is 0 Å². The molecule has 1 aromatic carbocycles. The number of methoxy groups -OCH3 is 1. The van der Waals surface area contributed by atoms with Crippen molar-refractivity contribution in [1.29, 1.82) is 0 Å². The molecule has 0 aromatic heterocycles. The standard InChI is InChI=1S/C14H20ClNO4/c1-14(2,3)20-13(18)7-16-11-6-12(19-4)9(8-17)5-10(11)15/h5-6,16-17H,7-8H2,1-4H3. The number of aliphatic hydroxyl groups excluding tert-OH is 1. The average molecular weight is 302 g/mol. The molecule has 5 nitrogen and oxygen atoms in total. The first-order chi connectivity index (χ1) is 9.26. The van der Waals surface area contributed by atoms with Gasteiger partial charge < -0.3 is 19.9 Å². The van der Waals surface area contributed by atoms with Gasteiger partial charge in [0.2, 0.25) is 0 Å². The summed E-state index contributed by atoms with van der Waals surface area (Å²) < 4.78 is 10.3. The van der Waals surface area contributed by atoms with E-state index in [1.807, 2.05) is 0 Å². The quantitative estimate of drug-likeness (QED) is 0.818. The van der Waals surface area contributed by atoms with Crippen LogP contribution in [0.1, 0.15) is 26.3 Å². The van der Waals surface area contributed by atoms with Gasteiger partial charge in [0.15, 0.2) is 0 Å². The molecular formula is C14H20ClNO4. The fourth-order valence-corrected chi connectivity index (χ4v) is 1.84. The highest BCUT2D eigenvalue weighted by Crippen LogP contribution is 2.30. The predicted molar refractivity (Wildman–Crippen MR) is 78.3 cm³/mol. The number of carbonyl (C=O) groups excluding carboxylic acids is 1. The molecule has 20 heavy (non-hydrogen) atoms. The molecule has 0 bridgehead atoms. The van der Waals surface area contributed by atoms with Crippen LogP contribution < -0.4 is 10.1 Å². The molecule has 0 atom stereocenters. The lowest BCUT2D eigenvalue weighted by molar-refractivity contribution is -0.152. The number of hydrogen-bond donors (Lipinski definition) is 2. The van der Waals surface area contributed by atoms with Crippen molar-refractivity contribution in [3.63, 3.8) is 0 Å². The van der Waals surface area contributed by atoms with E-state index in [4.69, 9.17) is 21.1 Å². The average Bonchev–Trinajstić information content (AvgIpc) is 2.34. The molecule has 0 saturated heterocycles. The van der Waals surface area contributed by atoms with E-state index in [1.54, 1.807) is 32.9 Å². The SMILES string of the molecule is COc1cc(NCC(=O)OC(C)(C)C)c(Cl)cc1CO. The lowest BCUT2D eigenvalue weighted by Crippen LogP contribution is -2.28. The third-order valence-corrected chi connectivity index (χ3v) is 2.70. The number of carbonyl (C=O) groups is 1. The highest BCUT2D eigenvalue weighted by molar-refractivity contribution is 6.33. The lowest BCUT2D eigenvalue weighted by atomic mass is 10.2. The van der Waals surface area contributed by atoms with Crippen molar-refractivity contribution in [2.24, 2.45) is 0 Å². The van der Waals surface area contributed by atoms with E-state index in [-0.39, 0.29) is 19.1 Å². The summed E-state index contributed by atoms with van der Waals surface area (Å²) in [5.41, 5.74) is 0.605. The zero-order chi connectivity index (χ0) is 15.3. The molecule has 0 aliphatic heterocycles. The summed E-state index contributed by atoms with van der Waals surface area (Å²) in [7, 11) is 1.50. The van der Waals surface area contributed by atoms with Crippen LogP contribution in [0.25, 0.3) is 0 Å². The van der Waals surface area contributed by atoms with Gasteiger partial charge in [-0.3, -0.25) is 4.79 Å². The van der Waals surface area contributed by atoms with E-state index < -0.39 is 5.60 Å². The molecular weight excluding hydrogens is 282 g/mol. The number of anilines is 1. The van der Waals surface area contributed by atoms with Crippen molar-refractivity contribution in [3.05, 3.63) is 22.7 Å². The second-order valence-corrected chi connectivity index (χ2v) is 5.65. The maximum atomic E-state index is 11.6. The van der Waals surface area contributed by atoms with Crippen LogP contribution in [0, 0.1) is 0 Å². The molecule has 1 rings (SSSR count). The Morgan fingerprint density at radius 1 is 1.40 bits per heavy atom. The Labute approximate surface area is 123 Å². The molecule has 0 amide bonds. The van der Waals surface area contributed by atoms with Crippen LogP contribution in [0.2, 0.25) is 5.02 Å². The van der Waals surface area contributed by atoms with E-state index in [0.29, 0.717) is 22.0 Å². The number of halogens is 1. The van der Waals surface area contributed by atoms with E-state index in [0.717, 1.165) is 0 Å². The molecule has 1 aromatic rings. The molecule has 0 radical (unpaired) electrons. The Hall–Kier alpha value is -1.46. The van der Waals surface area contributed by atoms with Crippen LogP contribution in [-0.4, -0.2) is 30.3 Å². The number of aliphatic hydroxyl groups is 1. The summed E-state index contributed by atoms with van der Waals surface area (Å²) in [6.45, 7) is 5.23. The van der Waals surface area contributed by atoms with Crippen LogP contribution in [0.15, 0.2) is 12.1 Å². The first-order valence-electron chi connectivity index (χ1n) is 6.20. The molecule has 0 spiro atoms. The van der Waals surface area contributed by atoms with Crippen molar-refractivity contribution in [2.45, 2.75) is 33.0 Å². The summed E-state index contributed by atoms with van der Waals surface area (Å²) >= 11 is 6.07. The van der Waals surface area contributed by atoms with Crippen LogP contribution in [0.4, 0.5) is 5.69 Å². The first-order valence-corrected chi connectivity index (χ1v) is 6.57. The van der Waals surface area contributed by atoms with Crippen molar-refractivity contribution >= 4 is 23.3 Å². The second-order valence-electron chi connectivity index (χ2n) is 5.24. The third-order valence-electron chi connectivity index (χ3n) is 2.38. The van der Waals surface area contributed by atoms with E-state index in [1.165, 1.54) is 7.11 Å². The molecule has 0 unspecified atom stereocenters. The lowest BCUT2D eigenvalue weighted by Gasteiger charge is -2.20. The van der Waals surface area contributed by atoms with Crippen LogP contribution >= 0.6 is 11.6 Å². The van der Waals surface area contributed by atoms with Gasteiger partial charge in [-0.15, -0.1) is 0 Å². The topological polar surface area (TPSA) is 67.8 Å². The molecule has 0 heterocycles. The summed E-state index contributed by atoms with van der Waals surface area (Å²) in [6, 6.07) is 3.23. The van der Waals surface area contributed by atoms with Crippen molar-refractivity contribution in [3.8, 4) is 5.75 Å². The van der Waals surface area contributed by atoms with Crippen molar-refractivity contribution in [1.82, 2.24) is 0 Å². The number of hydrogen-bond acceptors (Lipinski definition) is 5. The Morgan fingerprint density at radius 2 is 2.05 bits per heavy atom. The largest absolute Gasteiger partial charge is 0.496 e. The molecule has 6 heteroatoms. The zero-order valence-electron chi connectivity index (χ0n) is 12.1. The minimum Gasteiger partial charge on any atom is -0.496 e. The van der Waals surface area contributed by atoms with E-state index in [2.05, 4.69) is 5.32 Å². The number of rotatable bonds is 5. The molecule has 2 N–H and O–H groups in total. The molecule has 112 valence electrons. The van der Waals surface area contributed by atoms with Gasteiger partial charge in [0.1, 0.15) is 17.9 Å². The minimum absolute atomic E-state index is 0.00137. The number of ether oxygens (including phenoxy) is 2. The van der Waals surface area contributed by atoms with E-state index >= 15 is 0 Å². The van der Waals surface area contributed by atoms with Gasteiger partial charge in [-0.25, -0.2) is 0 Å². The molecule has 0 fully saturated rings. The second kappa shape index (κ2) is 6.81. The van der Waals surface area contributed by atoms with Crippen LogP contribution in [-0.2, 0) is 16.1 Å². The van der Waals surface area contributed by atoms with Gasteiger partial charge in [0, 0.05) is 11.6 Å². The summed E-state index contributed by atoms with van der Waals surface area (Å²) in [5.74, 6) is 0.127. The number of esters is 1. The smallest absolute Gasteiger partial charge is 0.325 e.